The Morgan fingerprint density at radius 2 is 2.05 bits per heavy atom. The molecule has 0 bridgehead atoms. The van der Waals surface area contributed by atoms with Crippen molar-refractivity contribution in [1.29, 1.82) is 0 Å². The number of hydrogen-bond acceptors (Lipinski definition) is 2. The molecule has 0 fully saturated rings. The third-order valence-electron chi connectivity index (χ3n) is 4.24. The summed E-state index contributed by atoms with van der Waals surface area (Å²) in [7, 11) is 1.71. The Morgan fingerprint density at radius 1 is 1.20 bits per heavy atom. The van der Waals surface area contributed by atoms with Crippen molar-refractivity contribution >= 4 is 10.9 Å². The van der Waals surface area contributed by atoms with Crippen LogP contribution in [0.4, 0.5) is 0 Å². The maximum absolute atomic E-state index is 12.7. The number of aryl methyl sites for hydroxylation is 1. The van der Waals surface area contributed by atoms with Crippen molar-refractivity contribution in [2.24, 2.45) is 0 Å². The predicted octanol–water partition coefficient (Wildman–Crippen LogP) is 2.99. The zero-order valence-corrected chi connectivity index (χ0v) is 12.0. The average Bonchev–Trinajstić information content (AvgIpc) is 2.71. The molecule has 3 nitrogen and oxygen atoms in total. The molecule has 0 saturated carbocycles. The molecule has 0 radical (unpaired) electrons. The molecule has 0 unspecified atom stereocenters. The zero-order chi connectivity index (χ0) is 13.9. The highest BCUT2D eigenvalue weighted by Gasteiger charge is 2.15. The van der Waals surface area contributed by atoms with Crippen LogP contribution in [0.2, 0.25) is 0 Å². The molecule has 0 aliphatic heterocycles. The van der Waals surface area contributed by atoms with Gasteiger partial charge in [0.1, 0.15) is 0 Å². The molecule has 0 atom stereocenters. The molecule has 2 aromatic rings. The van der Waals surface area contributed by atoms with Crippen molar-refractivity contribution in [3.05, 3.63) is 45.2 Å². The Hall–Kier alpha value is -1.61. The molecule has 0 saturated heterocycles. The number of methoxy groups -OCH3 is 1. The molecule has 3 heteroatoms. The molecule has 1 aromatic heterocycles. The van der Waals surface area contributed by atoms with Gasteiger partial charge in [-0.05, 0) is 43.7 Å². The largest absolute Gasteiger partial charge is 0.384 e. The van der Waals surface area contributed by atoms with E-state index < -0.39 is 0 Å². The minimum Gasteiger partial charge on any atom is -0.384 e. The smallest absolute Gasteiger partial charge is 0.192 e. The number of rotatable bonds is 3. The van der Waals surface area contributed by atoms with Gasteiger partial charge >= 0.3 is 0 Å². The van der Waals surface area contributed by atoms with Gasteiger partial charge in [0.2, 0.25) is 0 Å². The molecular formula is C17H21NO2. The minimum absolute atomic E-state index is 0.231. The Labute approximate surface area is 119 Å². The fourth-order valence-electron chi connectivity index (χ4n) is 3.14. The van der Waals surface area contributed by atoms with E-state index in [0.29, 0.717) is 6.61 Å². The lowest BCUT2D eigenvalue weighted by Crippen LogP contribution is -2.15. The Morgan fingerprint density at radius 3 is 2.90 bits per heavy atom. The van der Waals surface area contributed by atoms with E-state index in [2.05, 4.69) is 11.1 Å². The van der Waals surface area contributed by atoms with Gasteiger partial charge in [-0.1, -0.05) is 18.6 Å². The van der Waals surface area contributed by atoms with Crippen LogP contribution < -0.4 is 5.43 Å². The first-order chi connectivity index (χ1) is 9.81. The van der Waals surface area contributed by atoms with Crippen LogP contribution in [0, 0.1) is 0 Å². The summed E-state index contributed by atoms with van der Waals surface area (Å²) in [6, 6.07) is 6.00. The first-order valence-electron chi connectivity index (χ1n) is 7.46. The van der Waals surface area contributed by atoms with Crippen LogP contribution in [0.5, 0.6) is 0 Å². The van der Waals surface area contributed by atoms with Crippen LogP contribution in [0.25, 0.3) is 10.9 Å². The summed E-state index contributed by atoms with van der Waals surface area (Å²) in [5.74, 6) is 0. The number of nitrogens with one attached hydrogen (secondary N) is 1. The quantitative estimate of drug-likeness (QED) is 0.872. The van der Waals surface area contributed by atoms with Crippen LogP contribution in [-0.4, -0.2) is 18.7 Å². The van der Waals surface area contributed by atoms with Gasteiger partial charge in [0.25, 0.3) is 0 Å². The van der Waals surface area contributed by atoms with E-state index in [1.54, 1.807) is 7.11 Å². The maximum Gasteiger partial charge on any atom is 0.192 e. The molecular weight excluding hydrogens is 250 g/mol. The second-order valence-electron chi connectivity index (χ2n) is 5.55. The van der Waals surface area contributed by atoms with Crippen molar-refractivity contribution in [3.63, 3.8) is 0 Å². The van der Waals surface area contributed by atoms with E-state index in [-0.39, 0.29) is 5.43 Å². The number of pyridine rings is 1. The number of aromatic amines is 1. The highest BCUT2D eigenvalue weighted by Crippen LogP contribution is 2.21. The molecule has 1 aliphatic rings. The third kappa shape index (κ3) is 2.38. The minimum atomic E-state index is 0.231. The molecule has 1 aromatic carbocycles. The van der Waals surface area contributed by atoms with E-state index in [4.69, 9.17) is 4.74 Å². The Bertz CT molecular complexity index is 672. The number of aromatic nitrogens is 1. The van der Waals surface area contributed by atoms with E-state index in [1.165, 1.54) is 18.4 Å². The lowest BCUT2D eigenvalue weighted by Gasteiger charge is -2.11. The van der Waals surface area contributed by atoms with Gasteiger partial charge in [-0.15, -0.1) is 0 Å². The van der Waals surface area contributed by atoms with Crippen molar-refractivity contribution in [3.8, 4) is 0 Å². The average molecular weight is 271 g/mol. The van der Waals surface area contributed by atoms with E-state index >= 15 is 0 Å². The van der Waals surface area contributed by atoms with Crippen LogP contribution in [-0.2, 0) is 24.0 Å². The summed E-state index contributed by atoms with van der Waals surface area (Å²) in [6.45, 7) is 0.679. The summed E-state index contributed by atoms with van der Waals surface area (Å²) < 4.78 is 5.17. The van der Waals surface area contributed by atoms with Crippen molar-refractivity contribution < 1.29 is 4.74 Å². The number of hydrogen-bond donors (Lipinski definition) is 1. The summed E-state index contributed by atoms with van der Waals surface area (Å²) in [5.41, 5.74) is 4.59. The Balaban J connectivity index is 2.19. The second-order valence-corrected chi connectivity index (χ2v) is 5.55. The number of H-pyrrole nitrogens is 1. The fourth-order valence-corrected chi connectivity index (χ4v) is 3.14. The van der Waals surface area contributed by atoms with Crippen molar-refractivity contribution in [2.75, 3.05) is 13.7 Å². The molecule has 0 amide bonds. The standard InChI is InChI=1S/C17H21NO2/c1-20-11-10-12-6-5-8-14-16(12)18-15-9-4-2-3-7-13(15)17(14)19/h5-6,8H,2-4,7,9-11H2,1H3,(H,18,19). The lowest BCUT2D eigenvalue weighted by molar-refractivity contribution is 0.202. The number of benzene rings is 1. The Kier molecular flexibility index (Phi) is 3.88. The molecule has 3 rings (SSSR count). The van der Waals surface area contributed by atoms with E-state index in [0.717, 1.165) is 47.8 Å². The van der Waals surface area contributed by atoms with Crippen molar-refractivity contribution in [1.82, 2.24) is 4.98 Å². The van der Waals surface area contributed by atoms with E-state index in [1.807, 2.05) is 12.1 Å². The van der Waals surface area contributed by atoms with Crippen LogP contribution in [0.1, 0.15) is 36.1 Å². The van der Waals surface area contributed by atoms with Crippen LogP contribution >= 0.6 is 0 Å². The second kappa shape index (κ2) is 5.80. The molecule has 1 heterocycles. The van der Waals surface area contributed by atoms with Gasteiger partial charge < -0.3 is 9.72 Å². The number of ether oxygens (including phenoxy) is 1. The van der Waals surface area contributed by atoms with Gasteiger partial charge in [0.05, 0.1) is 12.1 Å². The van der Waals surface area contributed by atoms with Crippen LogP contribution in [0.15, 0.2) is 23.0 Å². The molecule has 0 spiro atoms. The number of fused-ring (bicyclic) bond motifs is 2. The monoisotopic (exact) mass is 271 g/mol. The summed E-state index contributed by atoms with van der Waals surface area (Å²) in [6.07, 6.45) is 6.28. The zero-order valence-electron chi connectivity index (χ0n) is 12.0. The highest BCUT2D eigenvalue weighted by atomic mass is 16.5. The van der Waals surface area contributed by atoms with Gasteiger partial charge in [0, 0.05) is 23.8 Å². The summed E-state index contributed by atoms with van der Waals surface area (Å²) in [4.78, 5) is 16.3. The fraction of sp³-hybridized carbons (Fsp3) is 0.471. The lowest BCUT2D eigenvalue weighted by atomic mass is 10.0. The van der Waals surface area contributed by atoms with Gasteiger partial charge in [-0.3, -0.25) is 4.79 Å². The normalized spacial score (nSPS) is 15.1. The van der Waals surface area contributed by atoms with Crippen molar-refractivity contribution in [2.45, 2.75) is 38.5 Å². The molecule has 106 valence electrons. The molecule has 1 N–H and O–H groups in total. The summed E-state index contributed by atoms with van der Waals surface area (Å²) >= 11 is 0. The highest BCUT2D eigenvalue weighted by molar-refractivity contribution is 5.82. The SMILES string of the molecule is COCCc1cccc2c(=O)c3c([nH]c12)CCCCC3. The van der Waals surface area contributed by atoms with E-state index in [9.17, 15) is 4.79 Å². The van der Waals surface area contributed by atoms with Crippen LogP contribution in [0.3, 0.4) is 0 Å². The van der Waals surface area contributed by atoms with Gasteiger partial charge in [-0.2, -0.15) is 0 Å². The molecule has 1 aliphatic carbocycles. The summed E-state index contributed by atoms with van der Waals surface area (Å²) in [5, 5.41) is 0.833. The first kappa shape index (κ1) is 13.4. The molecule has 20 heavy (non-hydrogen) atoms. The predicted molar refractivity (Wildman–Crippen MR) is 81.4 cm³/mol. The third-order valence-corrected chi connectivity index (χ3v) is 4.24. The first-order valence-corrected chi connectivity index (χ1v) is 7.46. The van der Waals surface area contributed by atoms with Gasteiger partial charge in [-0.25, -0.2) is 0 Å². The van der Waals surface area contributed by atoms with Gasteiger partial charge in [0.15, 0.2) is 5.43 Å². The number of para-hydroxylation sites is 1. The maximum atomic E-state index is 12.7. The topological polar surface area (TPSA) is 42.1 Å².